The first-order valence-corrected chi connectivity index (χ1v) is 13.5. The monoisotopic (exact) mass is 546 g/mol. The van der Waals surface area contributed by atoms with E-state index in [4.69, 9.17) is 0 Å². The fraction of sp³-hybridized carbons (Fsp3) is 0.815. The first-order chi connectivity index (χ1) is 17.4. The van der Waals surface area contributed by atoms with E-state index < -0.39 is 54.0 Å². The molecular weight excluding hydrogens is 498 g/mol. The number of halogens is 2. The highest BCUT2D eigenvalue weighted by atomic mass is 19.3. The van der Waals surface area contributed by atoms with Gasteiger partial charge in [0.1, 0.15) is 12.0 Å². The van der Waals surface area contributed by atoms with Gasteiger partial charge in [-0.3, -0.25) is 24.0 Å². The van der Waals surface area contributed by atoms with Gasteiger partial charge in [0.25, 0.3) is 0 Å². The van der Waals surface area contributed by atoms with Gasteiger partial charge in [0.05, 0.1) is 12.6 Å². The van der Waals surface area contributed by atoms with E-state index in [1.807, 2.05) is 33.0 Å². The standard InChI is InChI=1S/C27H48F2N4O5/c1-15(2)10-11-30-24(36)19(9)25(37)31-14-27(28,29)23(35)20(12-16(3)4)32-26(38)22(18(7)8)33-21(34)13-17(5)6/h15-20,22H,10-14H2,1-9H3,(H,30,36)(H,31,37)(H,32,38)(H,33,34). The van der Waals surface area contributed by atoms with Crippen molar-refractivity contribution in [2.45, 2.75) is 99.6 Å². The summed E-state index contributed by atoms with van der Waals surface area (Å²) in [6, 6.07) is -2.54. The zero-order valence-electron chi connectivity index (χ0n) is 24.4. The Bertz CT molecular complexity index is 815. The maximum atomic E-state index is 14.9. The Morgan fingerprint density at radius 3 is 1.74 bits per heavy atom. The van der Waals surface area contributed by atoms with Crippen LogP contribution in [0, 0.1) is 29.6 Å². The van der Waals surface area contributed by atoms with Crippen molar-refractivity contribution < 1.29 is 32.8 Å². The molecule has 0 aliphatic heterocycles. The van der Waals surface area contributed by atoms with Crippen LogP contribution in [0.2, 0.25) is 0 Å². The number of carbonyl (C=O) groups is 5. The van der Waals surface area contributed by atoms with Crippen LogP contribution in [0.25, 0.3) is 0 Å². The molecular formula is C27H48F2N4O5. The van der Waals surface area contributed by atoms with Gasteiger partial charge in [-0.2, -0.15) is 8.78 Å². The van der Waals surface area contributed by atoms with Crippen molar-refractivity contribution in [1.82, 2.24) is 21.3 Å². The Balaban J connectivity index is 5.37. The van der Waals surface area contributed by atoms with E-state index in [0.717, 1.165) is 0 Å². The van der Waals surface area contributed by atoms with Crippen LogP contribution < -0.4 is 21.3 Å². The Labute approximate surface area is 226 Å². The zero-order valence-corrected chi connectivity index (χ0v) is 24.4. The van der Waals surface area contributed by atoms with Crippen molar-refractivity contribution in [3.05, 3.63) is 0 Å². The van der Waals surface area contributed by atoms with Crippen molar-refractivity contribution >= 4 is 29.4 Å². The molecule has 4 amide bonds. The minimum atomic E-state index is -4.00. The van der Waals surface area contributed by atoms with Crippen LogP contribution in [0.4, 0.5) is 8.78 Å². The highest BCUT2D eigenvalue weighted by Crippen LogP contribution is 2.20. The molecule has 0 saturated heterocycles. The van der Waals surface area contributed by atoms with Crippen molar-refractivity contribution in [3.63, 3.8) is 0 Å². The molecule has 0 aromatic heterocycles. The van der Waals surface area contributed by atoms with Gasteiger partial charge in [0.15, 0.2) is 0 Å². The molecule has 0 aliphatic carbocycles. The van der Waals surface area contributed by atoms with Gasteiger partial charge >= 0.3 is 5.92 Å². The highest BCUT2D eigenvalue weighted by Gasteiger charge is 2.45. The van der Waals surface area contributed by atoms with Crippen LogP contribution in [0.5, 0.6) is 0 Å². The van der Waals surface area contributed by atoms with Crippen LogP contribution in [0.15, 0.2) is 0 Å². The molecule has 0 aromatic carbocycles. The molecule has 0 aromatic rings. The number of rotatable bonds is 17. The molecule has 0 aliphatic rings. The largest absolute Gasteiger partial charge is 0.355 e. The predicted molar refractivity (Wildman–Crippen MR) is 142 cm³/mol. The number of Topliss-reactive ketones (excluding diaryl/α,β-unsaturated/α-hetero) is 1. The number of ketones is 1. The summed E-state index contributed by atoms with van der Waals surface area (Å²) in [4.78, 5) is 62.4. The van der Waals surface area contributed by atoms with Crippen molar-refractivity contribution in [2.75, 3.05) is 13.1 Å². The summed E-state index contributed by atoms with van der Waals surface area (Å²) in [7, 11) is 0. The van der Waals surface area contributed by atoms with Crippen LogP contribution in [0.1, 0.15) is 81.6 Å². The van der Waals surface area contributed by atoms with Crippen LogP contribution in [-0.2, 0) is 24.0 Å². The lowest BCUT2D eigenvalue weighted by Gasteiger charge is -2.28. The third-order valence-electron chi connectivity index (χ3n) is 5.85. The van der Waals surface area contributed by atoms with Gasteiger partial charge in [-0.1, -0.05) is 55.4 Å². The summed E-state index contributed by atoms with van der Waals surface area (Å²) in [6.07, 6.45) is 0.832. The molecule has 0 rings (SSSR count). The average molecular weight is 547 g/mol. The summed E-state index contributed by atoms with van der Waals surface area (Å²) < 4.78 is 29.8. The predicted octanol–water partition coefficient (Wildman–Crippen LogP) is 2.82. The molecule has 0 bridgehead atoms. The molecule has 4 N–H and O–H groups in total. The van der Waals surface area contributed by atoms with Crippen LogP contribution >= 0.6 is 0 Å². The van der Waals surface area contributed by atoms with Crippen molar-refractivity contribution in [1.29, 1.82) is 0 Å². The molecule has 3 atom stereocenters. The first kappa shape index (κ1) is 35.4. The van der Waals surface area contributed by atoms with Crippen LogP contribution in [0.3, 0.4) is 0 Å². The first-order valence-electron chi connectivity index (χ1n) is 13.5. The number of amides is 4. The number of nitrogens with one attached hydrogen (secondary N) is 4. The third-order valence-corrected chi connectivity index (χ3v) is 5.85. The number of alkyl halides is 2. The van der Waals surface area contributed by atoms with E-state index in [9.17, 15) is 32.8 Å². The summed E-state index contributed by atoms with van der Waals surface area (Å²) in [6.45, 7) is 14.8. The quantitative estimate of drug-likeness (QED) is 0.208. The van der Waals surface area contributed by atoms with Gasteiger partial charge in [0, 0.05) is 13.0 Å². The van der Waals surface area contributed by atoms with Gasteiger partial charge in [-0.05, 0) is 43.4 Å². The van der Waals surface area contributed by atoms with E-state index in [0.29, 0.717) is 18.9 Å². The maximum absolute atomic E-state index is 14.9. The van der Waals surface area contributed by atoms with E-state index >= 15 is 0 Å². The second kappa shape index (κ2) is 16.4. The molecule has 0 saturated carbocycles. The lowest BCUT2D eigenvalue weighted by molar-refractivity contribution is -0.148. The zero-order chi connectivity index (χ0) is 29.8. The van der Waals surface area contributed by atoms with E-state index in [1.165, 1.54) is 6.92 Å². The third kappa shape index (κ3) is 13.3. The Kier molecular flexibility index (Phi) is 15.3. The number of hydrogen-bond donors (Lipinski definition) is 4. The molecule has 9 nitrogen and oxygen atoms in total. The fourth-order valence-corrected chi connectivity index (χ4v) is 3.55. The molecule has 0 radical (unpaired) electrons. The van der Waals surface area contributed by atoms with E-state index in [1.54, 1.807) is 27.7 Å². The molecule has 11 heteroatoms. The second-order valence-corrected chi connectivity index (χ2v) is 11.6. The average Bonchev–Trinajstić information content (AvgIpc) is 2.78. The normalized spacial score (nSPS) is 14.3. The molecule has 220 valence electrons. The van der Waals surface area contributed by atoms with Gasteiger partial charge < -0.3 is 21.3 Å². The van der Waals surface area contributed by atoms with E-state index in [-0.39, 0.29) is 36.5 Å². The Hall–Kier alpha value is -2.59. The summed E-state index contributed by atoms with van der Waals surface area (Å²) in [5.41, 5.74) is 0. The van der Waals surface area contributed by atoms with Gasteiger partial charge in [0.2, 0.25) is 29.4 Å². The van der Waals surface area contributed by atoms with Crippen molar-refractivity contribution in [2.24, 2.45) is 29.6 Å². The SMILES string of the molecule is CC(C)CCNC(=O)C(C)C(=O)NCC(F)(F)C(=O)C(CC(C)C)NC(=O)C(NC(=O)CC(C)C)C(C)C. The summed E-state index contributed by atoms with van der Waals surface area (Å²) >= 11 is 0. The Morgan fingerprint density at radius 2 is 1.26 bits per heavy atom. The second-order valence-electron chi connectivity index (χ2n) is 11.6. The van der Waals surface area contributed by atoms with Gasteiger partial charge in [-0.25, -0.2) is 0 Å². The minimum Gasteiger partial charge on any atom is -0.355 e. The summed E-state index contributed by atoms with van der Waals surface area (Å²) in [5, 5.41) is 9.60. The van der Waals surface area contributed by atoms with E-state index in [2.05, 4.69) is 16.0 Å². The van der Waals surface area contributed by atoms with Gasteiger partial charge in [-0.15, -0.1) is 0 Å². The molecule has 0 spiro atoms. The molecule has 38 heavy (non-hydrogen) atoms. The number of carbonyl (C=O) groups excluding carboxylic acids is 5. The topological polar surface area (TPSA) is 133 Å². The fourth-order valence-electron chi connectivity index (χ4n) is 3.55. The highest BCUT2D eigenvalue weighted by molar-refractivity contribution is 6.00. The smallest absolute Gasteiger partial charge is 0.324 e. The minimum absolute atomic E-state index is 0.0591. The number of hydrogen-bond acceptors (Lipinski definition) is 5. The lowest BCUT2D eigenvalue weighted by Crippen LogP contribution is -2.57. The molecule has 0 heterocycles. The molecule has 3 unspecified atom stereocenters. The lowest BCUT2D eigenvalue weighted by atomic mass is 9.95. The molecule has 0 fully saturated rings. The Morgan fingerprint density at radius 1 is 0.711 bits per heavy atom. The maximum Gasteiger partial charge on any atom is 0.324 e. The van der Waals surface area contributed by atoms with Crippen molar-refractivity contribution in [3.8, 4) is 0 Å². The summed E-state index contributed by atoms with van der Waals surface area (Å²) in [5.74, 6) is -9.54. The van der Waals surface area contributed by atoms with Crippen LogP contribution in [-0.4, -0.2) is 60.5 Å².